The van der Waals surface area contributed by atoms with Gasteiger partial charge in [0.05, 0.1) is 51.8 Å². The lowest BCUT2D eigenvalue weighted by Gasteiger charge is -2.43. The maximum atomic E-state index is 14.3. The molecular formula is C60H73N11O8S. The van der Waals surface area contributed by atoms with Crippen molar-refractivity contribution in [2.75, 3.05) is 54.8 Å². The second-order valence-electron chi connectivity index (χ2n) is 23.4. The van der Waals surface area contributed by atoms with Crippen LogP contribution in [0, 0.1) is 18.8 Å². The number of nitrogens with one attached hydrogen (secondary N) is 1. The Morgan fingerprint density at radius 3 is 2.30 bits per heavy atom. The number of rotatable bonds is 18. The third kappa shape index (κ3) is 11.4. The molecule has 422 valence electrons. The summed E-state index contributed by atoms with van der Waals surface area (Å²) in [6.45, 7) is 12.5. The van der Waals surface area contributed by atoms with Crippen LogP contribution in [0.2, 0.25) is 0 Å². The number of amides is 2. The molecule has 4 saturated heterocycles. The number of thiazole rings is 1. The number of aromatic nitrogens is 5. The molecule has 20 heteroatoms. The van der Waals surface area contributed by atoms with Crippen molar-refractivity contribution >= 4 is 40.3 Å². The number of hydrogen-bond donors (Lipinski definition) is 4. The Kier molecular flexibility index (Phi) is 15.4. The molecule has 2 unspecified atom stereocenters. The largest absolute Gasteiger partial charge is 0.507 e. The van der Waals surface area contributed by atoms with E-state index in [1.54, 1.807) is 29.5 Å². The van der Waals surface area contributed by atoms with Gasteiger partial charge in [-0.2, -0.15) is 0 Å². The molecule has 6 atom stereocenters. The molecule has 8 heterocycles. The number of aromatic hydroxyl groups is 1. The topological polar surface area (TPSA) is 231 Å². The Morgan fingerprint density at radius 2 is 1.57 bits per heavy atom. The lowest BCUT2D eigenvalue weighted by Crippen LogP contribution is -2.54. The van der Waals surface area contributed by atoms with E-state index in [1.165, 1.54) is 4.90 Å². The van der Waals surface area contributed by atoms with E-state index in [0.29, 0.717) is 52.6 Å². The summed E-state index contributed by atoms with van der Waals surface area (Å²) < 4.78 is 25.1. The van der Waals surface area contributed by atoms with E-state index >= 15 is 0 Å². The molecular weight excluding hydrogens is 1030 g/mol. The van der Waals surface area contributed by atoms with Crippen LogP contribution < -0.4 is 30.3 Å². The number of para-hydroxylation sites is 1. The van der Waals surface area contributed by atoms with Crippen molar-refractivity contribution in [2.45, 2.75) is 146 Å². The van der Waals surface area contributed by atoms with Gasteiger partial charge in [0.25, 0.3) is 5.88 Å². The minimum atomic E-state index is -0.820. The summed E-state index contributed by atoms with van der Waals surface area (Å²) in [6, 6.07) is 22.5. The fourth-order valence-electron chi connectivity index (χ4n) is 13.1. The number of aliphatic hydroxyl groups is 1. The lowest BCUT2D eigenvalue weighted by atomic mass is 9.81. The average Bonchev–Trinajstić information content (AvgIpc) is 4.27. The number of nitrogens with two attached hydrogens (primary N) is 1. The number of pyridine rings is 1. The summed E-state index contributed by atoms with van der Waals surface area (Å²) in [7, 11) is 0. The van der Waals surface area contributed by atoms with Crippen molar-refractivity contribution < 1.29 is 38.5 Å². The molecule has 0 radical (unpaired) electrons. The number of aliphatic hydroxyl groups excluding tert-OH is 1. The van der Waals surface area contributed by atoms with Gasteiger partial charge in [-0.05, 0) is 105 Å². The highest BCUT2D eigenvalue weighted by molar-refractivity contribution is 7.13. The molecule has 2 aromatic carbocycles. The van der Waals surface area contributed by atoms with Crippen LogP contribution >= 0.6 is 11.3 Å². The molecule has 12 rings (SSSR count). The number of phenolic OH excluding ortho intramolecular Hbond substituents is 1. The van der Waals surface area contributed by atoms with E-state index < -0.39 is 18.1 Å². The van der Waals surface area contributed by atoms with Crippen LogP contribution in [0.15, 0.2) is 89.0 Å². The van der Waals surface area contributed by atoms with Gasteiger partial charge in [0.1, 0.15) is 29.9 Å². The quantitative estimate of drug-likeness (QED) is 0.0640. The molecule has 2 aliphatic carbocycles. The van der Waals surface area contributed by atoms with Crippen LogP contribution in [0.5, 0.6) is 17.5 Å². The number of piperidine rings is 1. The molecule has 2 amide bonds. The van der Waals surface area contributed by atoms with Gasteiger partial charge in [-0.3, -0.25) is 9.59 Å². The molecule has 80 heavy (non-hydrogen) atoms. The SMILES string of the molecule is Cc1ncsc1-c1ccc([C@H](C)NC(=O)[C@@H]2C[C@@H](O)CN2C(=O)[C@H](c2cc(O[C@H]3C[C@H](CN4CCC(O[C@H]5C[C@H](Oc6cc(N7C8CCC7CN(c7cc(-c9ccccc9O)nnc7N)C8)ccn6)C5)CC4)C3)no2)C(C)C)cc1. The van der Waals surface area contributed by atoms with E-state index in [-0.39, 0.29) is 66.9 Å². The van der Waals surface area contributed by atoms with Gasteiger partial charge in [-0.15, -0.1) is 21.5 Å². The minimum Gasteiger partial charge on any atom is -0.507 e. The van der Waals surface area contributed by atoms with Crippen LogP contribution in [0.3, 0.4) is 0 Å². The lowest BCUT2D eigenvalue weighted by molar-refractivity contribution is -0.141. The average molecular weight is 1110 g/mol. The van der Waals surface area contributed by atoms with E-state index in [1.807, 2.05) is 81.9 Å². The van der Waals surface area contributed by atoms with Gasteiger partial charge in [-0.1, -0.05) is 50.2 Å². The first-order valence-electron chi connectivity index (χ1n) is 28.6. The summed E-state index contributed by atoms with van der Waals surface area (Å²) in [5.74, 6) is 1.03. The Balaban J connectivity index is 0.555. The summed E-state index contributed by atoms with van der Waals surface area (Å²) in [4.78, 5) is 47.0. The summed E-state index contributed by atoms with van der Waals surface area (Å²) >= 11 is 1.59. The zero-order valence-electron chi connectivity index (χ0n) is 46.0. The fourth-order valence-corrected chi connectivity index (χ4v) is 13.9. The predicted molar refractivity (Wildman–Crippen MR) is 303 cm³/mol. The van der Waals surface area contributed by atoms with Crippen LogP contribution in [0.1, 0.15) is 108 Å². The van der Waals surface area contributed by atoms with Crippen molar-refractivity contribution in [1.29, 1.82) is 0 Å². The Hall–Kier alpha value is -6.87. The van der Waals surface area contributed by atoms with Crippen molar-refractivity contribution in [3.8, 4) is 39.2 Å². The molecule has 4 aromatic heterocycles. The number of likely N-dealkylation sites (tertiary alicyclic amines) is 2. The molecule has 2 bridgehead atoms. The number of β-amino-alcohol motifs (C(OH)–C–C–N with tert-alkyl or cyclic N) is 1. The van der Waals surface area contributed by atoms with Crippen molar-refractivity contribution in [1.82, 2.24) is 40.4 Å². The highest BCUT2D eigenvalue weighted by Gasteiger charge is 2.45. The number of phenols is 1. The van der Waals surface area contributed by atoms with Gasteiger partial charge >= 0.3 is 0 Å². The van der Waals surface area contributed by atoms with Gasteiger partial charge in [0.2, 0.25) is 17.7 Å². The normalized spacial score (nSPS) is 25.8. The number of piperazine rings is 1. The van der Waals surface area contributed by atoms with Crippen LogP contribution in [-0.2, 0) is 14.3 Å². The Bertz CT molecular complexity index is 3120. The number of carbonyl (C=O) groups is 2. The number of anilines is 3. The van der Waals surface area contributed by atoms with Gasteiger partial charge in [-0.25, -0.2) is 9.97 Å². The molecule has 0 spiro atoms. The number of benzene rings is 2. The Morgan fingerprint density at radius 1 is 0.838 bits per heavy atom. The third-order valence-corrected chi connectivity index (χ3v) is 18.4. The molecule has 5 N–H and O–H groups in total. The van der Waals surface area contributed by atoms with Crippen molar-refractivity contribution in [3.05, 3.63) is 102 Å². The molecule has 6 aromatic rings. The fraction of sp³-hybridized carbons (Fsp3) is 0.517. The summed E-state index contributed by atoms with van der Waals surface area (Å²) in [6.07, 6.45) is 9.47. The van der Waals surface area contributed by atoms with Crippen LogP contribution in [-0.4, -0.2) is 145 Å². The number of ether oxygens (including phenoxy) is 3. The van der Waals surface area contributed by atoms with Gasteiger partial charge in [0, 0.05) is 100 Å². The molecule has 19 nitrogen and oxygen atoms in total. The van der Waals surface area contributed by atoms with E-state index in [9.17, 15) is 19.8 Å². The second kappa shape index (κ2) is 22.9. The zero-order chi connectivity index (χ0) is 55.2. The first-order valence-corrected chi connectivity index (χ1v) is 29.5. The number of fused-ring (bicyclic) bond motifs is 2. The van der Waals surface area contributed by atoms with Crippen molar-refractivity contribution in [3.63, 3.8) is 0 Å². The molecule has 4 aliphatic heterocycles. The summed E-state index contributed by atoms with van der Waals surface area (Å²) in [5.41, 5.74) is 14.4. The minimum absolute atomic E-state index is 0.0187. The third-order valence-electron chi connectivity index (χ3n) is 17.5. The number of nitrogen functional groups attached to an aromatic ring is 1. The molecule has 6 fully saturated rings. The van der Waals surface area contributed by atoms with Gasteiger partial charge in [0.15, 0.2) is 11.6 Å². The van der Waals surface area contributed by atoms with E-state index in [4.69, 9.17) is 24.5 Å². The number of carbonyl (C=O) groups excluding carboxylic acids is 2. The van der Waals surface area contributed by atoms with Crippen LogP contribution in [0.25, 0.3) is 21.7 Å². The molecule has 2 saturated carbocycles. The van der Waals surface area contributed by atoms with Crippen molar-refractivity contribution in [2.24, 2.45) is 11.8 Å². The number of nitrogens with zero attached hydrogens (tertiary/aromatic N) is 9. The van der Waals surface area contributed by atoms with Crippen LogP contribution in [0.4, 0.5) is 17.2 Å². The van der Waals surface area contributed by atoms with E-state index in [0.717, 1.165) is 117 Å². The van der Waals surface area contributed by atoms with E-state index in [2.05, 4.69) is 57.5 Å². The zero-order valence-corrected chi connectivity index (χ0v) is 46.8. The first-order chi connectivity index (χ1) is 38.8. The van der Waals surface area contributed by atoms with Gasteiger partial charge < -0.3 is 59.6 Å². The maximum absolute atomic E-state index is 14.3. The highest BCUT2D eigenvalue weighted by Crippen LogP contribution is 2.42. The Labute approximate surface area is 470 Å². The first kappa shape index (κ1) is 53.8. The molecule has 6 aliphatic rings. The number of hydrogen-bond acceptors (Lipinski definition) is 18. The highest BCUT2D eigenvalue weighted by atomic mass is 32.1. The summed E-state index contributed by atoms with van der Waals surface area (Å²) in [5, 5.41) is 37.1. The standard InChI is InChI=1S/C60H73N11O8S/c1-34(2)56(60(75)70-32-43(72)24-51(70)59(74)64-35(3)38-9-11-39(12-10-38)57-36(4)63-33-80-57)53-28-55(67-79-53)78-45-21-37(22-45)29-68-19-16-44(17-20-68)76-46-25-47(26-46)77-54-23-40(15-18-62-54)71-41-13-14-42(71)31-69(30-41)50-27-49(65-66-58(50)61)48-7-5-6-8-52(48)73/h5-12,15,18,23,27-28,33-35,37,41-47,51,56,72-73H,13-14,16-17,19-22,24-26,29-32H2,1-4H3,(H2,61,66)(H,64,74)/t35-,37-,41?,42?,43+,45-,46-,47-,51-,56-/m0/s1. The number of aryl methyl sites for hydroxylation is 1. The monoisotopic (exact) mass is 1110 g/mol. The smallest absolute Gasteiger partial charge is 0.254 e. The second-order valence-corrected chi connectivity index (χ2v) is 24.3. The predicted octanol–water partition coefficient (Wildman–Crippen LogP) is 7.93. The maximum Gasteiger partial charge on any atom is 0.254 e.